The van der Waals surface area contributed by atoms with Crippen molar-refractivity contribution in [1.82, 2.24) is 19.9 Å². The molecule has 1 saturated heterocycles. The van der Waals surface area contributed by atoms with Crippen molar-refractivity contribution < 1.29 is 18.8 Å². The van der Waals surface area contributed by atoms with Crippen LogP contribution in [-0.2, 0) is 10.8 Å². The Morgan fingerprint density at radius 1 is 1.09 bits per heavy atom. The number of nitrogens with two attached hydrogens (primary N) is 2. The topological polar surface area (TPSA) is 173 Å². The summed E-state index contributed by atoms with van der Waals surface area (Å²) in [5, 5.41) is 9.71. The van der Waals surface area contributed by atoms with Crippen molar-refractivity contribution in [1.29, 1.82) is 0 Å². The van der Waals surface area contributed by atoms with E-state index in [0.717, 1.165) is 45.0 Å². The average molecular weight is 609 g/mol. The summed E-state index contributed by atoms with van der Waals surface area (Å²) in [6, 6.07) is 6.93. The third-order valence-corrected chi connectivity index (χ3v) is 9.04. The summed E-state index contributed by atoms with van der Waals surface area (Å²) in [6.07, 6.45) is 3.60. The first-order valence-electron chi connectivity index (χ1n) is 14.1. The summed E-state index contributed by atoms with van der Waals surface area (Å²) in [5.74, 6) is 0.952. The number of piperazine rings is 1. The van der Waals surface area contributed by atoms with E-state index in [0.29, 0.717) is 45.2 Å². The third kappa shape index (κ3) is 7.85. The van der Waals surface area contributed by atoms with Crippen LogP contribution in [0.4, 0.5) is 11.6 Å². The van der Waals surface area contributed by atoms with E-state index in [-0.39, 0.29) is 11.4 Å². The minimum Gasteiger partial charge on any atom is -0.492 e. The van der Waals surface area contributed by atoms with Crippen molar-refractivity contribution in [2.75, 3.05) is 44.2 Å². The number of rotatable bonds is 10. The summed E-state index contributed by atoms with van der Waals surface area (Å²) < 4.78 is 19.3. The zero-order valence-corrected chi connectivity index (χ0v) is 26.1. The van der Waals surface area contributed by atoms with Crippen LogP contribution in [0.25, 0.3) is 10.9 Å². The van der Waals surface area contributed by atoms with E-state index in [1.807, 2.05) is 20.8 Å². The van der Waals surface area contributed by atoms with Crippen molar-refractivity contribution >= 4 is 45.1 Å². The second-order valence-corrected chi connectivity index (χ2v) is 13.6. The number of anilines is 1. The number of nitrogens with zero attached hydrogens (tertiary/aromatic N) is 6. The lowest BCUT2D eigenvalue weighted by molar-refractivity contribution is 0.0696. The molecule has 0 radical (unpaired) electrons. The number of ether oxygens (including phenoxy) is 1. The molecule has 0 aliphatic carbocycles. The van der Waals surface area contributed by atoms with Crippen molar-refractivity contribution in [3.05, 3.63) is 53.6 Å². The van der Waals surface area contributed by atoms with Gasteiger partial charge in [0.15, 0.2) is 5.82 Å². The summed E-state index contributed by atoms with van der Waals surface area (Å²) in [5.41, 5.74) is 14.1. The molecule has 1 atom stereocenters. The van der Waals surface area contributed by atoms with Crippen LogP contribution in [0.2, 0.25) is 0 Å². The maximum atomic E-state index is 13.6. The molecule has 2 aromatic heterocycles. The molecule has 1 aromatic carbocycles. The van der Waals surface area contributed by atoms with Crippen molar-refractivity contribution in [2.45, 2.75) is 50.7 Å². The highest BCUT2D eigenvalue weighted by atomic mass is 32.2. The fraction of sp³-hybridized carbons (Fsp3) is 0.433. The van der Waals surface area contributed by atoms with Crippen LogP contribution in [0.15, 0.2) is 57.9 Å². The van der Waals surface area contributed by atoms with Gasteiger partial charge in [0.05, 0.1) is 33.4 Å². The van der Waals surface area contributed by atoms with Gasteiger partial charge in [-0.05, 0) is 59.2 Å². The highest BCUT2D eigenvalue weighted by molar-refractivity contribution is 7.86. The van der Waals surface area contributed by atoms with Gasteiger partial charge in [-0.1, -0.05) is 0 Å². The lowest BCUT2D eigenvalue weighted by Crippen LogP contribution is -2.47. The number of aliphatic imine (C=N–C) groups is 1. The van der Waals surface area contributed by atoms with Gasteiger partial charge < -0.3 is 26.2 Å². The second kappa shape index (κ2) is 13.5. The highest BCUT2D eigenvalue weighted by Crippen LogP contribution is 2.35. The molecule has 0 saturated carbocycles. The van der Waals surface area contributed by atoms with E-state index < -0.39 is 21.5 Å². The predicted octanol–water partition coefficient (Wildman–Crippen LogP) is 3.46. The molecule has 0 bridgehead atoms. The number of carboxylic acids is 1. The number of carbonyl (C=O) groups is 1. The molecule has 1 aliphatic rings. The number of hydrogen-bond donors (Lipinski definition) is 3. The van der Waals surface area contributed by atoms with Crippen LogP contribution in [0.3, 0.4) is 0 Å². The normalized spacial score (nSPS) is 16.2. The Labute approximate surface area is 254 Å². The van der Waals surface area contributed by atoms with E-state index in [2.05, 4.69) is 29.7 Å². The first-order chi connectivity index (χ1) is 20.3. The van der Waals surface area contributed by atoms with Gasteiger partial charge >= 0.3 is 5.97 Å². The fourth-order valence-corrected chi connectivity index (χ4v) is 5.68. The SMILES string of the molecule is CC(N)=C(C)C(N)=Nc1ncnc2cc(OCCCN3CCN(c4ccc(C(=O)O)cn4)CC3)c(S(=O)C(C)(C)C)cc12. The van der Waals surface area contributed by atoms with Gasteiger partial charge in [0.2, 0.25) is 0 Å². The minimum absolute atomic E-state index is 0.180. The van der Waals surface area contributed by atoms with Gasteiger partial charge in [-0.25, -0.2) is 24.7 Å². The number of aromatic carboxylic acids is 1. The van der Waals surface area contributed by atoms with E-state index in [1.54, 1.807) is 38.1 Å². The largest absolute Gasteiger partial charge is 0.492 e. The standard InChI is InChI=1S/C30H40N8O4S/c1-19(20(2)31)27(32)36-28-22-15-25(43(41)30(3,4)5)24(16-23(22)34-18-35-28)42-14-6-9-37-10-12-38(13-11-37)26-8-7-21(17-33-26)29(39)40/h7-8,15-18H,6,9-14,31H2,1-5H3,(H,39,40)(H2,32,34,35,36). The molecule has 1 unspecified atom stereocenters. The molecule has 230 valence electrons. The number of benzene rings is 1. The molecule has 1 fully saturated rings. The molecule has 3 aromatic rings. The second-order valence-electron chi connectivity index (χ2n) is 11.4. The van der Waals surface area contributed by atoms with Gasteiger partial charge in [0.25, 0.3) is 0 Å². The number of hydrogen-bond acceptors (Lipinski definition) is 10. The van der Waals surface area contributed by atoms with E-state index in [4.69, 9.17) is 21.3 Å². The van der Waals surface area contributed by atoms with Crippen LogP contribution in [-0.4, -0.2) is 85.0 Å². The Bertz CT molecular complexity index is 1550. The van der Waals surface area contributed by atoms with Gasteiger partial charge in [0.1, 0.15) is 23.7 Å². The van der Waals surface area contributed by atoms with Crippen LogP contribution >= 0.6 is 0 Å². The summed E-state index contributed by atoms with van der Waals surface area (Å²) >= 11 is 0. The molecule has 1 aliphatic heterocycles. The van der Waals surface area contributed by atoms with Gasteiger partial charge in [-0.3, -0.25) is 9.11 Å². The molecular weight excluding hydrogens is 568 g/mol. The number of pyridine rings is 1. The molecule has 0 amide bonds. The lowest BCUT2D eigenvalue weighted by atomic mass is 10.2. The maximum Gasteiger partial charge on any atom is 0.337 e. The molecule has 12 nitrogen and oxygen atoms in total. The highest BCUT2D eigenvalue weighted by Gasteiger charge is 2.26. The lowest BCUT2D eigenvalue weighted by Gasteiger charge is -2.35. The number of allylic oxidation sites excluding steroid dienone is 1. The quantitative estimate of drug-likeness (QED) is 0.175. The smallest absolute Gasteiger partial charge is 0.337 e. The van der Waals surface area contributed by atoms with E-state index in [1.165, 1.54) is 12.5 Å². The predicted molar refractivity (Wildman–Crippen MR) is 170 cm³/mol. The fourth-order valence-electron chi connectivity index (χ4n) is 4.50. The molecule has 0 spiro atoms. The average Bonchev–Trinajstić information content (AvgIpc) is 2.98. The van der Waals surface area contributed by atoms with Gasteiger partial charge in [0, 0.05) is 66.4 Å². The van der Waals surface area contributed by atoms with Crippen LogP contribution in [0.1, 0.15) is 51.4 Å². The van der Waals surface area contributed by atoms with E-state index >= 15 is 0 Å². The molecule has 4 rings (SSSR count). The van der Waals surface area contributed by atoms with E-state index in [9.17, 15) is 9.00 Å². The van der Waals surface area contributed by atoms with Crippen molar-refractivity contribution in [2.24, 2.45) is 16.5 Å². The number of carboxylic acid groups (broad SMARTS) is 1. The number of amidine groups is 1. The Morgan fingerprint density at radius 2 is 1.81 bits per heavy atom. The monoisotopic (exact) mass is 608 g/mol. The first-order valence-corrected chi connectivity index (χ1v) is 15.3. The van der Waals surface area contributed by atoms with Crippen LogP contribution in [0.5, 0.6) is 5.75 Å². The summed E-state index contributed by atoms with van der Waals surface area (Å²) in [6.45, 7) is 13.9. The molecular formula is C30H40N8O4S. The zero-order valence-electron chi connectivity index (χ0n) is 25.3. The maximum absolute atomic E-state index is 13.6. The van der Waals surface area contributed by atoms with Gasteiger partial charge in [-0.15, -0.1) is 0 Å². The zero-order chi connectivity index (χ0) is 31.3. The Kier molecular flexibility index (Phi) is 9.97. The summed E-state index contributed by atoms with van der Waals surface area (Å²) in [4.78, 5) is 33.7. The van der Waals surface area contributed by atoms with Crippen molar-refractivity contribution in [3.63, 3.8) is 0 Å². The molecule has 43 heavy (non-hydrogen) atoms. The Morgan fingerprint density at radius 3 is 2.42 bits per heavy atom. The van der Waals surface area contributed by atoms with Crippen LogP contribution in [0, 0.1) is 0 Å². The molecule has 3 heterocycles. The third-order valence-electron chi connectivity index (χ3n) is 7.21. The first kappa shape index (κ1) is 31.8. The van der Waals surface area contributed by atoms with Gasteiger partial charge in [-0.2, -0.15) is 0 Å². The Balaban J connectivity index is 1.44. The van der Waals surface area contributed by atoms with Crippen LogP contribution < -0.4 is 21.1 Å². The number of fused-ring (bicyclic) bond motifs is 1. The Hall–Kier alpha value is -4.10. The number of aromatic nitrogens is 3. The molecule has 5 N–H and O–H groups in total. The minimum atomic E-state index is -1.39. The van der Waals surface area contributed by atoms with Crippen molar-refractivity contribution in [3.8, 4) is 5.75 Å². The summed E-state index contributed by atoms with van der Waals surface area (Å²) in [7, 11) is -1.39. The molecule has 13 heteroatoms.